The first-order valence-electron chi connectivity index (χ1n) is 4.46. The highest BCUT2D eigenvalue weighted by molar-refractivity contribution is 9.10. The van der Waals surface area contributed by atoms with Crippen molar-refractivity contribution in [2.45, 2.75) is 0 Å². The predicted octanol–water partition coefficient (Wildman–Crippen LogP) is 2.18. The van der Waals surface area contributed by atoms with Crippen LogP contribution in [0.1, 0.15) is 10.5 Å². The maximum absolute atomic E-state index is 13.1. The molecule has 0 amide bonds. The summed E-state index contributed by atoms with van der Waals surface area (Å²) in [5, 5.41) is 21.7. The first-order valence-corrected chi connectivity index (χ1v) is 5.25. The van der Waals surface area contributed by atoms with Crippen LogP contribution < -0.4 is 0 Å². The van der Waals surface area contributed by atoms with Crippen LogP contribution in [0.2, 0.25) is 0 Å². The van der Waals surface area contributed by atoms with Crippen molar-refractivity contribution in [2.75, 3.05) is 0 Å². The Bertz CT molecular complexity index is 597. The Morgan fingerprint density at radius 2 is 2.18 bits per heavy atom. The van der Waals surface area contributed by atoms with Gasteiger partial charge in [0.1, 0.15) is 5.82 Å². The first kappa shape index (κ1) is 11.6. The van der Waals surface area contributed by atoms with Gasteiger partial charge in [-0.25, -0.2) is 13.9 Å². The van der Waals surface area contributed by atoms with E-state index >= 15 is 0 Å². The van der Waals surface area contributed by atoms with Crippen LogP contribution in [-0.2, 0) is 0 Å². The molecule has 0 aliphatic heterocycles. The number of aromatic hydroxyl groups is 1. The lowest BCUT2D eigenvalue weighted by Gasteiger charge is -2.03. The maximum Gasteiger partial charge on any atom is 0.360 e. The summed E-state index contributed by atoms with van der Waals surface area (Å²) in [5.74, 6) is -2.32. The maximum atomic E-state index is 13.1. The molecule has 1 aromatic heterocycles. The van der Waals surface area contributed by atoms with E-state index in [1.807, 2.05) is 0 Å². The van der Waals surface area contributed by atoms with Crippen LogP contribution in [0.3, 0.4) is 0 Å². The lowest BCUT2D eigenvalue weighted by molar-refractivity contribution is 0.0687. The molecule has 0 saturated carbocycles. The summed E-state index contributed by atoms with van der Waals surface area (Å²) < 4.78 is 14.7. The van der Waals surface area contributed by atoms with Crippen molar-refractivity contribution in [3.63, 3.8) is 0 Å². The van der Waals surface area contributed by atoms with Gasteiger partial charge in [-0.2, -0.15) is 5.10 Å². The molecule has 1 heterocycles. The number of aromatic nitrogens is 2. The second-order valence-electron chi connectivity index (χ2n) is 3.21. The van der Waals surface area contributed by atoms with Crippen LogP contribution in [0.25, 0.3) is 5.69 Å². The predicted molar refractivity (Wildman–Crippen MR) is 59.8 cm³/mol. The number of hydrogen-bond acceptors (Lipinski definition) is 3. The number of aromatic carboxylic acids is 1. The molecule has 0 spiro atoms. The minimum Gasteiger partial charge on any atom is -0.504 e. The minimum atomic E-state index is -1.35. The number of nitrogens with zero attached hydrogens (tertiary/aromatic N) is 2. The van der Waals surface area contributed by atoms with E-state index in [1.165, 1.54) is 18.2 Å². The van der Waals surface area contributed by atoms with Gasteiger partial charge in [-0.15, -0.1) is 0 Å². The van der Waals surface area contributed by atoms with Crippen molar-refractivity contribution >= 4 is 21.9 Å². The zero-order valence-corrected chi connectivity index (χ0v) is 9.85. The third-order valence-corrected chi connectivity index (χ3v) is 2.72. The number of rotatable bonds is 2. The summed E-state index contributed by atoms with van der Waals surface area (Å²) in [6, 6.07) is 3.88. The fraction of sp³-hybridized carbons (Fsp3) is 0. The van der Waals surface area contributed by atoms with E-state index in [4.69, 9.17) is 5.11 Å². The molecule has 1 aromatic carbocycles. The highest BCUT2D eigenvalue weighted by Gasteiger charge is 2.16. The van der Waals surface area contributed by atoms with E-state index in [-0.39, 0.29) is 0 Å². The second-order valence-corrected chi connectivity index (χ2v) is 4.06. The normalized spacial score (nSPS) is 10.5. The van der Waals surface area contributed by atoms with Crippen molar-refractivity contribution in [1.82, 2.24) is 9.78 Å². The standard InChI is InChI=1S/C10H6BrFN2O3/c11-6-2-1-5(12)3-7(6)14-4-8(15)9(13-14)10(16)17/h1-4,15H,(H,16,17). The molecule has 2 rings (SSSR count). The molecule has 0 saturated heterocycles. The summed E-state index contributed by atoms with van der Waals surface area (Å²) in [7, 11) is 0. The Balaban J connectivity index is 2.57. The largest absolute Gasteiger partial charge is 0.504 e. The Kier molecular flexibility index (Phi) is 2.84. The Morgan fingerprint density at radius 1 is 1.47 bits per heavy atom. The molecule has 0 aliphatic rings. The number of carbonyl (C=O) groups is 1. The number of hydrogen-bond donors (Lipinski definition) is 2. The van der Waals surface area contributed by atoms with Gasteiger partial charge in [-0.05, 0) is 28.1 Å². The molecule has 0 unspecified atom stereocenters. The zero-order valence-electron chi connectivity index (χ0n) is 8.26. The lowest BCUT2D eigenvalue weighted by Crippen LogP contribution is -2.02. The molecular weight excluding hydrogens is 295 g/mol. The van der Waals surface area contributed by atoms with E-state index in [9.17, 15) is 14.3 Å². The van der Waals surface area contributed by atoms with E-state index in [2.05, 4.69) is 21.0 Å². The van der Waals surface area contributed by atoms with Gasteiger partial charge in [0.15, 0.2) is 5.75 Å². The quantitative estimate of drug-likeness (QED) is 0.891. The third-order valence-electron chi connectivity index (χ3n) is 2.05. The molecule has 0 fully saturated rings. The van der Waals surface area contributed by atoms with E-state index in [0.29, 0.717) is 10.2 Å². The van der Waals surface area contributed by atoms with Crippen LogP contribution in [0.5, 0.6) is 5.75 Å². The zero-order chi connectivity index (χ0) is 12.6. The molecule has 0 atom stereocenters. The van der Waals surface area contributed by atoms with Gasteiger partial charge in [0.25, 0.3) is 0 Å². The van der Waals surface area contributed by atoms with Gasteiger partial charge < -0.3 is 10.2 Å². The van der Waals surface area contributed by atoms with Gasteiger partial charge in [0.05, 0.1) is 11.9 Å². The molecular formula is C10H6BrFN2O3. The molecule has 88 valence electrons. The van der Waals surface area contributed by atoms with Crippen molar-refractivity contribution in [3.05, 3.63) is 40.4 Å². The van der Waals surface area contributed by atoms with Crippen molar-refractivity contribution in [1.29, 1.82) is 0 Å². The topological polar surface area (TPSA) is 75.3 Å². The van der Waals surface area contributed by atoms with Crippen molar-refractivity contribution in [2.24, 2.45) is 0 Å². The highest BCUT2D eigenvalue weighted by atomic mass is 79.9. The Morgan fingerprint density at radius 3 is 2.76 bits per heavy atom. The Hall–Kier alpha value is -1.89. The van der Waals surface area contributed by atoms with Crippen LogP contribution in [0.4, 0.5) is 4.39 Å². The molecule has 7 heteroatoms. The molecule has 0 aliphatic carbocycles. The van der Waals surface area contributed by atoms with E-state index in [0.717, 1.165) is 10.9 Å². The molecule has 2 N–H and O–H groups in total. The average molecular weight is 301 g/mol. The monoisotopic (exact) mass is 300 g/mol. The molecule has 5 nitrogen and oxygen atoms in total. The number of carboxylic acid groups (broad SMARTS) is 1. The number of carboxylic acids is 1. The summed E-state index contributed by atoms with van der Waals surface area (Å²) >= 11 is 3.18. The molecule has 17 heavy (non-hydrogen) atoms. The van der Waals surface area contributed by atoms with Crippen LogP contribution in [-0.4, -0.2) is 26.0 Å². The average Bonchev–Trinajstić information content (AvgIpc) is 2.64. The van der Waals surface area contributed by atoms with Crippen molar-refractivity contribution in [3.8, 4) is 11.4 Å². The first-order chi connectivity index (χ1) is 7.99. The minimum absolute atomic E-state index is 0.299. The molecule has 0 bridgehead atoms. The van der Waals surface area contributed by atoms with Gasteiger partial charge in [0.2, 0.25) is 5.69 Å². The summed E-state index contributed by atoms with van der Waals surface area (Å²) in [6.07, 6.45) is 1.10. The molecule has 0 radical (unpaired) electrons. The van der Waals surface area contributed by atoms with E-state index < -0.39 is 23.2 Å². The smallest absolute Gasteiger partial charge is 0.360 e. The summed E-state index contributed by atoms with van der Waals surface area (Å²) in [5.41, 5.74) is -0.186. The summed E-state index contributed by atoms with van der Waals surface area (Å²) in [4.78, 5) is 10.7. The van der Waals surface area contributed by atoms with E-state index in [1.54, 1.807) is 0 Å². The van der Waals surface area contributed by atoms with Gasteiger partial charge in [-0.1, -0.05) is 0 Å². The van der Waals surface area contributed by atoms with Crippen LogP contribution in [0.15, 0.2) is 28.9 Å². The lowest BCUT2D eigenvalue weighted by atomic mass is 10.3. The van der Waals surface area contributed by atoms with Gasteiger partial charge >= 0.3 is 5.97 Å². The second kappa shape index (κ2) is 4.17. The number of halogens is 2. The van der Waals surface area contributed by atoms with Crippen molar-refractivity contribution < 1.29 is 19.4 Å². The fourth-order valence-corrected chi connectivity index (χ4v) is 1.73. The third kappa shape index (κ3) is 2.14. The van der Waals surface area contributed by atoms with Gasteiger partial charge in [-0.3, -0.25) is 0 Å². The van der Waals surface area contributed by atoms with Gasteiger partial charge in [0, 0.05) is 10.5 Å². The van der Waals surface area contributed by atoms with Crippen LogP contribution >= 0.6 is 15.9 Å². The van der Waals surface area contributed by atoms with Crippen LogP contribution in [0, 0.1) is 5.82 Å². The number of benzene rings is 1. The summed E-state index contributed by atoms with van der Waals surface area (Å²) in [6.45, 7) is 0. The fourth-order valence-electron chi connectivity index (χ4n) is 1.30. The molecule has 2 aromatic rings. The highest BCUT2D eigenvalue weighted by Crippen LogP contribution is 2.24. The SMILES string of the molecule is O=C(O)c1nn(-c2cc(F)ccc2Br)cc1O. The Labute approximate surface area is 103 Å².